The van der Waals surface area contributed by atoms with E-state index in [0.717, 1.165) is 13.0 Å². The lowest BCUT2D eigenvalue weighted by molar-refractivity contribution is -0.155. The van der Waals surface area contributed by atoms with Crippen LogP contribution in [0.3, 0.4) is 0 Å². The van der Waals surface area contributed by atoms with E-state index in [1.165, 1.54) is 32.1 Å². The lowest BCUT2D eigenvalue weighted by Gasteiger charge is -2.58. The Morgan fingerprint density at radius 2 is 2.00 bits per heavy atom. The molecule has 2 rings (SSSR count). The van der Waals surface area contributed by atoms with Crippen LogP contribution in [0, 0.1) is 5.41 Å². The second-order valence-electron chi connectivity index (χ2n) is 6.65. The van der Waals surface area contributed by atoms with Crippen molar-refractivity contribution < 1.29 is 9.53 Å². The fraction of sp³-hybridized carbons (Fsp3) is 0.938. The molecule has 3 unspecified atom stereocenters. The minimum absolute atomic E-state index is 0.101. The first kappa shape index (κ1) is 15.8. The second kappa shape index (κ2) is 6.44. The van der Waals surface area contributed by atoms with Gasteiger partial charge in [-0.25, -0.2) is 0 Å². The standard InChI is InChI=1S/C16H30N2O2/c1-5-20-14-11-13(16(14)9-7-6-8-10-16)17-12(2)15(19)18(3)4/h12-14,17H,5-11H2,1-4H3. The van der Waals surface area contributed by atoms with Gasteiger partial charge in [0, 0.05) is 32.2 Å². The molecule has 20 heavy (non-hydrogen) atoms. The van der Waals surface area contributed by atoms with Crippen LogP contribution in [0.2, 0.25) is 0 Å². The average Bonchev–Trinajstić information content (AvgIpc) is 2.46. The molecule has 0 heterocycles. The number of carbonyl (C=O) groups excluding carboxylic acids is 1. The van der Waals surface area contributed by atoms with E-state index in [1.54, 1.807) is 4.90 Å². The predicted molar refractivity (Wildman–Crippen MR) is 80.6 cm³/mol. The summed E-state index contributed by atoms with van der Waals surface area (Å²) in [5.74, 6) is 0.163. The molecule has 0 saturated heterocycles. The van der Waals surface area contributed by atoms with Crippen LogP contribution in [-0.4, -0.2) is 49.7 Å². The van der Waals surface area contributed by atoms with Gasteiger partial charge in [-0.3, -0.25) is 4.79 Å². The molecule has 0 bridgehead atoms. The Bertz CT molecular complexity index is 337. The molecule has 2 aliphatic carbocycles. The Balaban J connectivity index is 1.99. The van der Waals surface area contributed by atoms with E-state index in [9.17, 15) is 4.79 Å². The summed E-state index contributed by atoms with van der Waals surface area (Å²) in [7, 11) is 3.64. The van der Waals surface area contributed by atoms with Gasteiger partial charge >= 0.3 is 0 Å². The van der Waals surface area contributed by atoms with Crippen molar-refractivity contribution in [1.82, 2.24) is 10.2 Å². The van der Waals surface area contributed by atoms with Crippen molar-refractivity contribution in [2.24, 2.45) is 5.41 Å². The maximum Gasteiger partial charge on any atom is 0.238 e. The van der Waals surface area contributed by atoms with E-state index < -0.39 is 0 Å². The third-order valence-corrected chi connectivity index (χ3v) is 5.20. The van der Waals surface area contributed by atoms with Crippen LogP contribution in [0.15, 0.2) is 0 Å². The van der Waals surface area contributed by atoms with Gasteiger partial charge in [-0.2, -0.15) is 0 Å². The zero-order valence-corrected chi connectivity index (χ0v) is 13.4. The molecule has 1 spiro atoms. The molecule has 116 valence electrons. The molecule has 2 aliphatic rings. The number of amides is 1. The van der Waals surface area contributed by atoms with E-state index in [-0.39, 0.29) is 17.4 Å². The van der Waals surface area contributed by atoms with Gasteiger partial charge in [-0.1, -0.05) is 19.3 Å². The second-order valence-corrected chi connectivity index (χ2v) is 6.65. The number of rotatable bonds is 5. The number of hydrogen-bond donors (Lipinski definition) is 1. The maximum atomic E-state index is 12.0. The van der Waals surface area contributed by atoms with Crippen LogP contribution in [0.25, 0.3) is 0 Å². The number of nitrogens with one attached hydrogen (secondary N) is 1. The third kappa shape index (κ3) is 2.86. The zero-order chi connectivity index (χ0) is 14.8. The Kier molecular flexibility index (Phi) is 5.08. The highest BCUT2D eigenvalue weighted by atomic mass is 16.5. The summed E-state index contributed by atoms with van der Waals surface area (Å²) in [6, 6.07) is 0.342. The van der Waals surface area contributed by atoms with Crippen LogP contribution in [0.5, 0.6) is 0 Å². The molecule has 3 atom stereocenters. The van der Waals surface area contributed by atoms with Gasteiger partial charge < -0.3 is 15.0 Å². The number of hydrogen-bond acceptors (Lipinski definition) is 3. The molecule has 0 aromatic heterocycles. The van der Waals surface area contributed by atoms with Gasteiger partial charge in [0.25, 0.3) is 0 Å². The van der Waals surface area contributed by atoms with Gasteiger partial charge in [0.2, 0.25) is 5.91 Å². The van der Waals surface area contributed by atoms with E-state index in [4.69, 9.17) is 4.74 Å². The molecule has 0 radical (unpaired) electrons. The molecule has 2 fully saturated rings. The lowest BCUT2D eigenvalue weighted by Crippen LogP contribution is -2.66. The molecule has 0 aromatic rings. The first-order chi connectivity index (χ1) is 9.51. The summed E-state index contributed by atoms with van der Waals surface area (Å²) in [5, 5.41) is 3.58. The molecular weight excluding hydrogens is 252 g/mol. The zero-order valence-electron chi connectivity index (χ0n) is 13.4. The Morgan fingerprint density at radius 3 is 2.55 bits per heavy atom. The van der Waals surface area contributed by atoms with Crippen LogP contribution in [0.1, 0.15) is 52.4 Å². The summed E-state index contributed by atoms with van der Waals surface area (Å²) in [6.45, 7) is 4.85. The molecule has 1 N–H and O–H groups in total. The molecular formula is C16H30N2O2. The van der Waals surface area contributed by atoms with Crippen molar-refractivity contribution >= 4 is 5.91 Å². The molecule has 4 heteroatoms. The molecule has 0 aliphatic heterocycles. The minimum Gasteiger partial charge on any atom is -0.378 e. The maximum absolute atomic E-state index is 12.0. The highest BCUT2D eigenvalue weighted by Crippen LogP contribution is 2.53. The Hall–Kier alpha value is -0.610. The van der Waals surface area contributed by atoms with Crippen LogP contribution in [-0.2, 0) is 9.53 Å². The van der Waals surface area contributed by atoms with Crippen molar-refractivity contribution in [3.8, 4) is 0 Å². The van der Waals surface area contributed by atoms with E-state index in [1.807, 2.05) is 21.0 Å². The van der Waals surface area contributed by atoms with E-state index >= 15 is 0 Å². The number of likely N-dealkylation sites (N-methyl/N-ethyl adjacent to an activating group) is 1. The van der Waals surface area contributed by atoms with Crippen LogP contribution < -0.4 is 5.32 Å². The van der Waals surface area contributed by atoms with Crippen molar-refractivity contribution in [2.75, 3.05) is 20.7 Å². The summed E-state index contributed by atoms with van der Waals surface area (Å²) >= 11 is 0. The van der Waals surface area contributed by atoms with Crippen LogP contribution in [0.4, 0.5) is 0 Å². The van der Waals surface area contributed by atoms with Crippen molar-refractivity contribution in [1.29, 1.82) is 0 Å². The molecule has 2 saturated carbocycles. The normalized spacial score (nSPS) is 29.8. The lowest BCUT2D eigenvalue weighted by atomic mass is 9.55. The van der Waals surface area contributed by atoms with Crippen LogP contribution >= 0.6 is 0 Å². The van der Waals surface area contributed by atoms with Gasteiger partial charge in [-0.05, 0) is 33.1 Å². The van der Waals surface area contributed by atoms with Crippen molar-refractivity contribution in [3.05, 3.63) is 0 Å². The Labute approximate surface area is 123 Å². The molecule has 1 amide bonds. The third-order valence-electron chi connectivity index (χ3n) is 5.20. The molecule has 4 nitrogen and oxygen atoms in total. The van der Waals surface area contributed by atoms with Crippen molar-refractivity contribution in [3.63, 3.8) is 0 Å². The van der Waals surface area contributed by atoms with E-state index in [0.29, 0.717) is 12.1 Å². The predicted octanol–water partition coefficient (Wildman–Crippen LogP) is 2.18. The Morgan fingerprint density at radius 1 is 1.35 bits per heavy atom. The average molecular weight is 282 g/mol. The van der Waals surface area contributed by atoms with Gasteiger partial charge in [-0.15, -0.1) is 0 Å². The topological polar surface area (TPSA) is 41.6 Å². The summed E-state index contributed by atoms with van der Waals surface area (Å²) < 4.78 is 5.96. The highest BCUT2D eigenvalue weighted by Gasteiger charge is 2.55. The summed E-state index contributed by atoms with van der Waals surface area (Å²) in [4.78, 5) is 13.7. The summed E-state index contributed by atoms with van der Waals surface area (Å²) in [5.41, 5.74) is 0.287. The van der Waals surface area contributed by atoms with Gasteiger partial charge in [0.05, 0.1) is 12.1 Å². The number of carbonyl (C=O) groups is 1. The van der Waals surface area contributed by atoms with Crippen molar-refractivity contribution in [2.45, 2.75) is 70.6 Å². The van der Waals surface area contributed by atoms with E-state index in [2.05, 4.69) is 12.2 Å². The smallest absolute Gasteiger partial charge is 0.238 e. The fourth-order valence-corrected chi connectivity index (χ4v) is 4.06. The first-order valence-corrected chi connectivity index (χ1v) is 8.10. The first-order valence-electron chi connectivity index (χ1n) is 8.10. The number of nitrogens with zero attached hydrogens (tertiary/aromatic N) is 1. The number of ether oxygens (including phenoxy) is 1. The monoisotopic (exact) mass is 282 g/mol. The summed E-state index contributed by atoms with van der Waals surface area (Å²) in [6.07, 6.45) is 7.90. The van der Waals surface area contributed by atoms with Gasteiger partial charge in [0.1, 0.15) is 0 Å². The van der Waals surface area contributed by atoms with Gasteiger partial charge in [0.15, 0.2) is 0 Å². The SMILES string of the molecule is CCOC1CC(NC(C)C(=O)N(C)C)C12CCCCC2. The minimum atomic E-state index is -0.101. The quantitative estimate of drug-likeness (QED) is 0.840. The fourth-order valence-electron chi connectivity index (χ4n) is 4.06. The molecule has 0 aromatic carbocycles. The largest absolute Gasteiger partial charge is 0.378 e. The highest BCUT2D eigenvalue weighted by molar-refractivity contribution is 5.81.